The Labute approximate surface area is 125 Å². The quantitative estimate of drug-likeness (QED) is 0.511. The fourth-order valence-electron chi connectivity index (χ4n) is 2.00. The van der Waals surface area contributed by atoms with Crippen LogP contribution in [0.25, 0.3) is 11.3 Å². The number of nitrogens with zero attached hydrogens (tertiary/aromatic N) is 2. The maximum absolute atomic E-state index is 10.9. The molecule has 0 aliphatic carbocycles. The molecule has 0 atom stereocenters. The van der Waals surface area contributed by atoms with E-state index in [1.165, 1.54) is 12.3 Å². The van der Waals surface area contributed by atoms with Gasteiger partial charge in [0.05, 0.1) is 11.1 Å². The number of nitrogens with two attached hydrogens (primary N) is 1. The number of nitrogens with one attached hydrogen (secondary N) is 1. The first-order chi connectivity index (χ1) is 10.4. The summed E-state index contributed by atoms with van der Waals surface area (Å²) in [5.74, 6) is 0.968. The summed E-state index contributed by atoms with van der Waals surface area (Å²) in [5, 5.41) is 14.5. The van der Waals surface area contributed by atoms with Gasteiger partial charge < -0.3 is 10.2 Å². The van der Waals surface area contributed by atoms with Crippen molar-refractivity contribution in [3.63, 3.8) is 0 Å². The molecule has 0 saturated heterocycles. The largest absolute Gasteiger partial charge is 0.455 e. The van der Waals surface area contributed by atoms with Crippen molar-refractivity contribution < 1.29 is 14.1 Å². The number of hydrazone groups is 1. The SMILES string of the molecule is Cc1c(-c2ccc(/C=N\NC(N)=O)o2)ccc([N+](=O)[O-])c1C. The second-order valence-electron chi connectivity index (χ2n) is 4.58. The highest BCUT2D eigenvalue weighted by Crippen LogP contribution is 2.31. The van der Waals surface area contributed by atoms with Gasteiger partial charge >= 0.3 is 6.03 Å². The lowest BCUT2D eigenvalue weighted by Gasteiger charge is -2.06. The summed E-state index contributed by atoms with van der Waals surface area (Å²) in [6, 6.07) is 5.70. The number of nitro groups is 1. The average molecular weight is 302 g/mol. The molecule has 0 bridgehead atoms. The first-order valence-corrected chi connectivity index (χ1v) is 6.33. The number of amides is 2. The van der Waals surface area contributed by atoms with Crippen LogP contribution in [0, 0.1) is 24.0 Å². The minimum atomic E-state index is -0.773. The zero-order valence-corrected chi connectivity index (χ0v) is 12.0. The molecule has 0 unspecified atom stereocenters. The van der Waals surface area contributed by atoms with Gasteiger partial charge in [-0.3, -0.25) is 10.1 Å². The Bertz CT molecular complexity index is 764. The maximum atomic E-state index is 10.9. The minimum Gasteiger partial charge on any atom is -0.455 e. The predicted octanol–water partition coefficient (Wildman–Crippen LogP) is 2.47. The number of nitro benzene ring substituents is 1. The summed E-state index contributed by atoms with van der Waals surface area (Å²) in [6.45, 7) is 3.49. The van der Waals surface area contributed by atoms with Crippen LogP contribution in [-0.4, -0.2) is 17.2 Å². The van der Waals surface area contributed by atoms with Gasteiger partial charge in [0, 0.05) is 17.2 Å². The average Bonchev–Trinajstić information content (AvgIpc) is 2.89. The summed E-state index contributed by atoms with van der Waals surface area (Å²) in [4.78, 5) is 21.0. The lowest BCUT2D eigenvalue weighted by molar-refractivity contribution is -0.385. The molecule has 114 valence electrons. The smallest absolute Gasteiger partial charge is 0.332 e. The van der Waals surface area contributed by atoms with Crippen molar-refractivity contribution in [3.8, 4) is 11.3 Å². The van der Waals surface area contributed by atoms with Crippen molar-refractivity contribution in [2.45, 2.75) is 13.8 Å². The van der Waals surface area contributed by atoms with E-state index in [9.17, 15) is 14.9 Å². The molecule has 8 nitrogen and oxygen atoms in total. The topological polar surface area (TPSA) is 124 Å². The van der Waals surface area contributed by atoms with Crippen LogP contribution >= 0.6 is 0 Å². The summed E-state index contributed by atoms with van der Waals surface area (Å²) in [6.07, 6.45) is 1.31. The molecule has 8 heteroatoms. The number of primary amides is 1. The number of benzene rings is 1. The van der Waals surface area contributed by atoms with Gasteiger partial charge in [0.1, 0.15) is 11.5 Å². The first-order valence-electron chi connectivity index (χ1n) is 6.33. The first kappa shape index (κ1) is 15.2. The number of urea groups is 1. The number of rotatable bonds is 4. The number of hydrogen-bond acceptors (Lipinski definition) is 5. The van der Waals surface area contributed by atoms with E-state index in [1.54, 1.807) is 32.0 Å². The monoisotopic (exact) mass is 302 g/mol. The van der Waals surface area contributed by atoms with Gasteiger partial charge in [-0.05, 0) is 37.6 Å². The Hall–Kier alpha value is -3.16. The molecule has 0 spiro atoms. The maximum Gasteiger partial charge on any atom is 0.332 e. The van der Waals surface area contributed by atoms with Crippen molar-refractivity contribution in [3.05, 3.63) is 51.3 Å². The molecule has 1 aromatic carbocycles. The van der Waals surface area contributed by atoms with Gasteiger partial charge in [-0.1, -0.05) is 0 Å². The molecule has 3 N–H and O–H groups in total. The second-order valence-corrected chi connectivity index (χ2v) is 4.58. The van der Waals surface area contributed by atoms with E-state index in [0.29, 0.717) is 17.1 Å². The summed E-state index contributed by atoms with van der Waals surface area (Å²) in [7, 11) is 0. The lowest BCUT2D eigenvalue weighted by Crippen LogP contribution is -2.24. The van der Waals surface area contributed by atoms with Crippen LogP contribution in [0.1, 0.15) is 16.9 Å². The van der Waals surface area contributed by atoms with Crippen LogP contribution in [0.5, 0.6) is 0 Å². The van der Waals surface area contributed by atoms with Gasteiger partial charge in [0.2, 0.25) is 0 Å². The Morgan fingerprint density at radius 1 is 1.32 bits per heavy atom. The number of carbonyl (C=O) groups is 1. The van der Waals surface area contributed by atoms with Crippen LogP contribution < -0.4 is 11.2 Å². The molecule has 0 aliphatic rings. The predicted molar refractivity (Wildman–Crippen MR) is 80.6 cm³/mol. The van der Waals surface area contributed by atoms with Gasteiger partial charge in [0.25, 0.3) is 5.69 Å². The highest BCUT2D eigenvalue weighted by Gasteiger charge is 2.16. The van der Waals surface area contributed by atoms with Gasteiger partial charge in [-0.2, -0.15) is 5.10 Å². The van der Waals surface area contributed by atoms with Crippen molar-refractivity contribution in [2.75, 3.05) is 0 Å². The highest BCUT2D eigenvalue weighted by molar-refractivity contribution is 5.80. The Morgan fingerprint density at radius 2 is 2.05 bits per heavy atom. The fourth-order valence-corrected chi connectivity index (χ4v) is 2.00. The molecular formula is C14H14N4O4. The molecule has 1 heterocycles. The summed E-state index contributed by atoms with van der Waals surface area (Å²) >= 11 is 0. The van der Waals surface area contributed by atoms with E-state index >= 15 is 0 Å². The van der Waals surface area contributed by atoms with Crippen LogP contribution in [0.3, 0.4) is 0 Å². The van der Waals surface area contributed by atoms with E-state index < -0.39 is 11.0 Å². The van der Waals surface area contributed by atoms with E-state index in [4.69, 9.17) is 10.2 Å². The third kappa shape index (κ3) is 3.11. The van der Waals surface area contributed by atoms with Gasteiger partial charge in [-0.25, -0.2) is 10.2 Å². The summed E-state index contributed by atoms with van der Waals surface area (Å²) in [5.41, 5.74) is 9.11. The molecule has 0 aliphatic heterocycles. The number of hydrogen-bond donors (Lipinski definition) is 2. The Kier molecular flexibility index (Phi) is 4.21. The molecule has 22 heavy (non-hydrogen) atoms. The molecule has 0 fully saturated rings. The minimum absolute atomic E-state index is 0.0697. The van der Waals surface area contributed by atoms with Crippen LogP contribution in [-0.2, 0) is 0 Å². The zero-order valence-electron chi connectivity index (χ0n) is 12.0. The fraction of sp³-hybridized carbons (Fsp3) is 0.143. The second kappa shape index (κ2) is 6.08. The van der Waals surface area contributed by atoms with Crippen LogP contribution in [0.4, 0.5) is 10.5 Å². The third-order valence-corrected chi connectivity index (χ3v) is 3.21. The Morgan fingerprint density at radius 3 is 2.68 bits per heavy atom. The number of carbonyl (C=O) groups excluding carboxylic acids is 1. The van der Waals surface area contributed by atoms with Crippen molar-refractivity contribution in [1.29, 1.82) is 0 Å². The normalized spacial score (nSPS) is 10.8. The highest BCUT2D eigenvalue weighted by atomic mass is 16.6. The zero-order chi connectivity index (χ0) is 16.3. The van der Waals surface area contributed by atoms with Crippen molar-refractivity contribution >= 4 is 17.9 Å². The van der Waals surface area contributed by atoms with Crippen molar-refractivity contribution in [2.24, 2.45) is 10.8 Å². The van der Waals surface area contributed by atoms with E-state index in [0.717, 1.165) is 11.1 Å². The molecule has 1 aromatic heterocycles. The van der Waals surface area contributed by atoms with E-state index in [-0.39, 0.29) is 5.69 Å². The molecule has 0 radical (unpaired) electrons. The lowest BCUT2D eigenvalue weighted by atomic mass is 10.00. The van der Waals surface area contributed by atoms with Gasteiger partial charge in [-0.15, -0.1) is 0 Å². The van der Waals surface area contributed by atoms with Crippen LogP contribution in [0.15, 0.2) is 33.8 Å². The standard InChI is InChI=1S/C14H14N4O4/c1-8-9(2)12(18(20)21)5-4-11(8)13-6-3-10(22-13)7-16-17-14(15)19/h3-7H,1-2H3,(H3,15,17,19)/b16-7-. The van der Waals surface area contributed by atoms with E-state index in [1.807, 2.05) is 0 Å². The molecule has 2 rings (SSSR count). The summed E-state index contributed by atoms with van der Waals surface area (Å²) < 4.78 is 5.58. The number of furan rings is 1. The van der Waals surface area contributed by atoms with Crippen molar-refractivity contribution in [1.82, 2.24) is 5.43 Å². The third-order valence-electron chi connectivity index (χ3n) is 3.21. The molecule has 2 aromatic rings. The molecule has 2 amide bonds. The van der Waals surface area contributed by atoms with E-state index in [2.05, 4.69) is 10.5 Å². The Balaban J connectivity index is 2.32. The molecular weight excluding hydrogens is 288 g/mol. The van der Waals surface area contributed by atoms with Gasteiger partial charge in [0.15, 0.2) is 0 Å². The molecule has 0 saturated carbocycles. The van der Waals surface area contributed by atoms with Crippen LogP contribution in [0.2, 0.25) is 0 Å².